The summed E-state index contributed by atoms with van der Waals surface area (Å²) in [5, 5.41) is 3.00. The summed E-state index contributed by atoms with van der Waals surface area (Å²) in [5.74, 6) is -0.642. The van der Waals surface area contributed by atoms with Gasteiger partial charge in [-0.2, -0.15) is 13.2 Å². The number of benzene rings is 1. The fourth-order valence-corrected chi connectivity index (χ4v) is 2.22. The van der Waals surface area contributed by atoms with E-state index in [1.54, 1.807) is 0 Å². The van der Waals surface area contributed by atoms with Gasteiger partial charge in [-0.05, 0) is 17.7 Å². The lowest BCUT2D eigenvalue weighted by atomic mass is 10.0. The van der Waals surface area contributed by atoms with Crippen molar-refractivity contribution in [1.29, 1.82) is 0 Å². The Morgan fingerprint density at radius 3 is 2.39 bits per heavy atom. The van der Waals surface area contributed by atoms with E-state index in [1.807, 2.05) is 0 Å². The average molecular weight is 262 g/mol. The first-order valence-electron chi connectivity index (χ1n) is 5.75. The summed E-state index contributed by atoms with van der Waals surface area (Å²) < 4.78 is 52.5. The van der Waals surface area contributed by atoms with E-state index in [0.29, 0.717) is 26.2 Å². The summed E-state index contributed by atoms with van der Waals surface area (Å²) >= 11 is 0. The molecule has 6 heteroatoms. The molecule has 1 aromatic carbocycles. The zero-order valence-corrected chi connectivity index (χ0v) is 9.67. The molecule has 0 radical (unpaired) electrons. The maximum Gasteiger partial charge on any atom is 0.408 e. The molecule has 2 nitrogen and oxygen atoms in total. The number of rotatable bonds is 2. The van der Waals surface area contributed by atoms with E-state index < -0.39 is 18.0 Å². The Bertz CT molecular complexity index is 399. The monoisotopic (exact) mass is 262 g/mol. The maximum absolute atomic E-state index is 13.1. The lowest BCUT2D eigenvalue weighted by Crippen LogP contribution is -2.49. The molecule has 0 bridgehead atoms. The molecule has 2 rings (SSSR count). The number of alkyl halides is 3. The van der Waals surface area contributed by atoms with Crippen molar-refractivity contribution in [2.24, 2.45) is 0 Å². The van der Waals surface area contributed by atoms with Crippen molar-refractivity contribution in [2.45, 2.75) is 12.2 Å². The van der Waals surface area contributed by atoms with Gasteiger partial charge < -0.3 is 5.32 Å². The van der Waals surface area contributed by atoms with E-state index in [2.05, 4.69) is 5.32 Å². The summed E-state index contributed by atoms with van der Waals surface area (Å²) in [5.41, 5.74) is -0.0376. The van der Waals surface area contributed by atoms with Crippen LogP contribution in [0.15, 0.2) is 24.3 Å². The van der Waals surface area contributed by atoms with Gasteiger partial charge in [-0.1, -0.05) is 12.1 Å². The van der Waals surface area contributed by atoms with Crippen molar-refractivity contribution in [3.63, 3.8) is 0 Å². The Morgan fingerprint density at radius 2 is 1.83 bits per heavy atom. The molecular formula is C12H14F4N2. The SMILES string of the molecule is Fc1cccc([C@@H](N2CCNCC2)C(F)(F)F)c1. The molecule has 1 fully saturated rings. The van der Waals surface area contributed by atoms with Crippen molar-refractivity contribution >= 4 is 0 Å². The highest BCUT2D eigenvalue weighted by atomic mass is 19.4. The second-order valence-corrected chi connectivity index (χ2v) is 4.29. The Balaban J connectivity index is 2.30. The van der Waals surface area contributed by atoms with E-state index in [9.17, 15) is 17.6 Å². The Kier molecular flexibility index (Phi) is 3.87. The van der Waals surface area contributed by atoms with Gasteiger partial charge in [0.05, 0.1) is 0 Å². The predicted octanol–water partition coefficient (Wildman–Crippen LogP) is 2.33. The third-order valence-corrected chi connectivity index (χ3v) is 2.99. The topological polar surface area (TPSA) is 15.3 Å². The van der Waals surface area contributed by atoms with Crippen molar-refractivity contribution in [2.75, 3.05) is 26.2 Å². The predicted molar refractivity (Wildman–Crippen MR) is 59.6 cm³/mol. The third kappa shape index (κ3) is 3.00. The van der Waals surface area contributed by atoms with Crippen LogP contribution in [0.5, 0.6) is 0 Å². The molecule has 1 aliphatic heterocycles. The number of hydrogen-bond donors (Lipinski definition) is 1. The molecule has 0 spiro atoms. The number of hydrogen-bond acceptors (Lipinski definition) is 2. The number of nitrogens with zero attached hydrogens (tertiary/aromatic N) is 1. The molecule has 1 N–H and O–H groups in total. The van der Waals surface area contributed by atoms with Gasteiger partial charge in [0.2, 0.25) is 0 Å². The summed E-state index contributed by atoms with van der Waals surface area (Å²) in [7, 11) is 0. The molecule has 0 saturated carbocycles. The number of nitrogens with one attached hydrogen (secondary N) is 1. The van der Waals surface area contributed by atoms with Crippen LogP contribution >= 0.6 is 0 Å². The van der Waals surface area contributed by atoms with Gasteiger partial charge in [0.1, 0.15) is 11.9 Å². The highest BCUT2D eigenvalue weighted by molar-refractivity contribution is 5.22. The largest absolute Gasteiger partial charge is 0.408 e. The van der Waals surface area contributed by atoms with Crippen molar-refractivity contribution in [3.05, 3.63) is 35.6 Å². The summed E-state index contributed by atoms with van der Waals surface area (Å²) in [6.07, 6.45) is -4.40. The normalized spacial score (nSPS) is 19.8. The van der Waals surface area contributed by atoms with Gasteiger partial charge in [-0.25, -0.2) is 4.39 Å². The zero-order chi connectivity index (χ0) is 13.2. The molecule has 1 aromatic rings. The molecule has 0 aromatic heterocycles. The van der Waals surface area contributed by atoms with Crippen LogP contribution < -0.4 is 5.32 Å². The zero-order valence-electron chi connectivity index (χ0n) is 9.67. The molecule has 18 heavy (non-hydrogen) atoms. The molecule has 1 saturated heterocycles. The molecule has 1 atom stereocenters. The third-order valence-electron chi connectivity index (χ3n) is 2.99. The van der Waals surface area contributed by atoms with E-state index in [1.165, 1.54) is 17.0 Å². The molecule has 0 unspecified atom stereocenters. The smallest absolute Gasteiger partial charge is 0.314 e. The lowest BCUT2D eigenvalue weighted by Gasteiger charge is -2.36. The van der Waals surface area contributed by atoms with E-state index in [0.717, 1.165) is 12.1 Å². The van der Waals surface area contributed by atoms with Crippen molar-refractivity contribution < 1.29 is 17.6 Å². The minimum Gasteiger partial charge on any atom is -0.314 e. The Labute approximate surface area is 103 Å². The molecule has 1 heterocycles. The first kappa shape index (κ1) is 13.3. The van der Waals surface area contributed by atoms with E-state index >= 15 is 0 Å². The minimum absolute atomic E-state index is 0.0376. The van der Waals surface area contributed by atoms with Crippen LogP contribution in [-0.4, -0.2) is 37.3 Å². The standard InChI is InChI=1S/C12H14F4N2/c13-10-3-1-2-9(8-10)11(12(14,15)16)18-6-4-17-5-7-18/h1-3,8,11,17H,4-7H2/t11-/m1/s1. The molecule has 1 aliphatic rings. The fraction of sp³-hybridized carbons (Fsp3) is 0.500. The van der Waals surface area contributed by atoms with E-state index in [-0.39, 0.29) is 5.56 Å². The lowest BCUT2D eigenvalue weighted by molar-refractivity contribution is -0.187. The second kappa shape index (κ2) is 5.24. The van der Waals surface area contributed by atoms with Gasteiger partial charge in [0.25, 0.3) is 0 Å². The molecular weight excluding hydrogens is 248 g/mol. The Morgan fingerprint density at radius 1 is 1.17 bits per heavy atom. The second-order valence-electron chi connectivity index (χ2n) is 4.29. The molecule has 100 valence electrons. The van der Waals surface area contributed by atoms with Crippen LogP contribution in [0.25, 0.3) is 0 Å². The highest BCUT2D eigenvalue weighted by Gasteiger charge is 2.44. The number of halogens is 4. The van der Waals surface area contributed by atoms with Crippen LogP contribution in [0, 0.1) is 5.82 Å². The van der Waals surface area contributed by atoms with E-state index in [4.69, 9.17) is 0 Å². The van der Waals surface area contributed by atoms with Crippen LogP contribution in [0.3, 0.4) is 0 Å². The van der Waals surface area contributed by atoms with Crippen LogP contribution in [0.2, 0.25) is 0 Å². The van der Waals surface area contributed by atoms with Gasteiger partial charge >= 0.3 is 6.18 Å². The summed E-state index contributed by atoms with van der Waals surface area (Å²) in [4.78, 5) is 1.34. The fourth-order valence-electron chi connectivity index (χ4n) is 2.22. The van der Waals surface area contributed by atoms with Crippen LogP contribution in [0.4, 0.5) is 17.6 Å². The van der Waals surface area contributed by atoms with Gasteiger partial charge in [0, 0.05) is 26.2 Å². The average Bonchev–Trinajstić information content (AvgIpc) is 2.28. The van der Waals surface area contributed by atoms with Crippen molar-refractivity contribution in [1.82, 2.24) is 10.2 Å². The van der Waals surface area contributed by atoms with Crippen LogP contribution in [-0.2, 0) is 0 Å². The highest BCUT2D eigenvalue weighted by Crippen LogP contribution is 2.37. The minimum atomic E-state index is -4.40. The summed E-state index contributed by atoms with van der Waals surface area (Å²) in [6.45, 7) is 1.64. The van der Waals surface area contributed by atoms with Gasteiger partial charge in [-0.3, -0.25) is 4.90 Å². The maximum atomic E-state index is 13.1. The molecule has 0 aliphatic carbocycles. The quantitative estimate of drug-likeness (QED) is 0.823. The number of piperazine rings is 1. The molecule has 0 amide bonds. The van der Waals surface area contributed by atoms with Gasteiger partial charge in [-0.15, -0.1) is 0 Å². The Hall–Kier alpha value is -1.14. The first-order valence-corrected chi connectivity index (χ1v) is 5.75. The summed E-state index contributed by atoms with van der Waals surface area (Å²) in [6, 6.07) is 3.01. The van der Waals surface area contributed by atoms with Gasteiger partial charge in [0.15, 0.2) is 0 Å². The van der Waals surface area contributed by atoms with Crippen molar-refractivity contribution in [3.8, 4) is 0 Å². The first-order chi connectivity index (χ1) is 8.48. The van der Waals surface area contributed by atoms with Crippen LogP contribution in [0.1, 0.15) is 11.6 Å².